The Morgan fingerprint density at radius 2 is 1.89 bits per heavy atom. The van der Waals surface area contributed by atoms with Crippen molar-refractivity contribution >= 4 is 22.2 Å². The van der Waals surface area contributed by atoms with Crippen LogP contribution in [0, 0.1) is 0 Å². The van der Waals surface area contributed by atoms with E-state index in [0.29, 0.717) is 17.9 Å². The van der Waals surface area contributed by atoms with Crippen molar-refractivity contribution in [3.63, 3.8) is 0 Å². The Kier molecular flexibility index (Phi) is 7.74. The zero-order valence-electron chi connectivity index (χ0n) is 11.0. The average molecular weight is 313 g/mol. The highest BCUT2D eigenvalue weighted by molar-refractivity contribution is 9.10. The molecule has 0 aliphatic heterocycles. The molecule has 0 saturated carbocycles. The molecule has 1 rings (SSSR count). The number of aldehydes is 1. The summed E-state index contributed by atoms with van der Waals surface area (Å²) in [6.07, 6.45) is 8.28. The van der Waals surface area contributed by atoms with Crippen LogP contribution >= 0.6 is 15.9 Å². The van der Waals surface area contributed by atoms with E-state index in [2.05, 4.69) is 22.9 Å². The zero-order valence-corrected chi connectivity index (χ0v) is 12.5. The van der Waals surface area contributed by atoms with Gasteiger partial charge in [-0.25, -0.2) is 0 Å². The number of hydrogen-bond donors (Lipinski definition) is 0. The SMILES string of the molecule is CCCCCCCCOc1ccc(Br)cc1C=O. The summed E-state index contributed by atoms with van der Waals surface area (Å²) in [5, 5.41) is 0. The molecule has 0 saturated heterocycles. The van der Waals surface area contributed by atoms with Crippen LogP contribution < -0.4 is 4.74 Å². The molecule has 1 aromatic rings. The molecule has 0 bridgehead atoms. The fourth-order valence-electron chi connectivity index (χ4n) is 1.81. The molecule has 0 fully saturated rings. The van der Waals surface area contributed by atoms with Crippen LogP contribution in [0.5, 0.6) is 5.75 Å². The van der Waals surface area contributed by atoms with Crippen molar-refractivity contribution in [3.05, 3.63) is 28.2 Å². The molecule has 0 unspecified atom stereocenters. The number of ether oxygens (including phenoxy) is 1. The van der Waals surface area contributed by atoms with Crippen LogP contribution in [-0.2, 0) is 0 Å². The molecule has 0 aliphatic rings. The Morgan fingerprint density at radius 3 is 2.61 bits per heavy atom. The van der Waals surface area contributed by atoms with Gasteiger partial charge in [0.1, 0.15) is 5.75 Å². The summed E-state index contributed by atoms with van der Waals surface area (Å²) in [7, 11) is 0. The lowest BCUT2D eigenvalue weighted by molar-refractivity contribution is 0.111. The molecular weight excluding hydrogens is 292 g/mol. The second-order valence-electron chi connectivity index (χ2n) is 4.42. The summed E-state index contributed by atoms with van der Waals surface area (Å²) in [6.45, 7) is 2.91. The van der Waals surface area contributed by atoms with E-state index in [4.69, 9.17) is 4.74 Å². The number of rotatable bonds is 9. The van der Waals surface area contributed by atoms with E-state index in [1.165, 1.54) is 32.1 Å². The first-order valence-electron chi connectivity index (χ1n) is 6.65. The Morgan fingerprint density at radius 1 is 1.17 bits per heavy atom. The molecule has 18 heavy (non-hydrogen) atoms. The number of halogens is 1. The first-order valence-corrected chi connectivity index (χ1v) is 7.44. The Bertz CT molecular complexity index is 364. The van der Waals surface area contributed by atoms with Crippen LogP contribution in [0.4, 0.5) is 0 Å². The maximum atomic E-state index is 10.9. The molecule has 100 valence electrons. The smallest absolute Gasteiger partial charge is 0.153 e. The van der Waals surface area contributed by atoms with Crippen molar-refractivity contribution in [1.82, 2.24) is 0 Å². The molecule has 2 nitrogen and oxygen atoms in total. The van der Waals surface area contributed by atoms with E-state index in [9.17, 15) is 4.79 Å². The Balaban J connectivity index is 2.25. The monoisotopic (exact) mass is 312 g/mol. The standard InChI is InChI=1S/C15H21BrO2/c1-2-3-4-5-6-7-10-18-15-9-8-14(16)11-13(15)12-17/h8-9,11-12H,2-7,10H2,1H3. The van der Waals surface area contributed by atoms with Crippen molar-refractivity contribution in [3.8, 4) is 5.75 Å². The lowest BCUT2D eigenvalue weighted by Crippen LogP contribution is -2.00. The van der Waals surface area contributed by atoms with Gasteiger partial charge in [0.05, 0.1) is 12.2 Å². The van der Waals surface area contributed by atoms with Crippen LogP contribution in [0.3, 0.4) is 0 Å². The average Bonchev–Trinajstić information content (AvgIpc) is 2.39. The largest absolute Gasteiger partial charge is 0.493 e. The third-order valence-corrected chi connectivity index (χ3v) is 3.35. The van der Waals surface area contributed by atoms with Gasteiger partial charge in [-0.3, -0.25) is 4.79 Å². The minimum Gasteiger partial charge on any atom is -0.493 e. The van der Waals surface area contributed by atoms with Crippen LogP contribution in [0.15, 0.2) is 22.7 Å². The second kappa shape index (κ2) is 9.15. The number of unbranched alkanes of at least 4 members (excludes halogenated alkanes) is 5. The highest BCUT2D eigenvalue weighted by Crippen LogP contribution is 2.22. The lowest BCUT2D eigenvalue weighted by atomic mass is 10.1. The minimum absolute atomic E-state index is 0.607. The molecule has 0 spiro atoms. The highest BCUT2D eigenvalue weighted by Gasteiger charge is 2.03. The van der Waals surface area contributed by atoms with E-state index in [-0.39, 0.29) is 0 Å². The molecule has 0 aromatic heterocycles. The number of carbonyl (C=O) groups is 1. The number of benzene rings is 1. The second-order valence-corrected chi connectivity index (χ2v) is 5.33. The van der Waals surface area contributed by atoms with Gasteiger partial charge in [0.2, 0.25) is 0 Å². The maximum absolute atomic E-state index is 10.9. The quantitative estimate of drug-likeness (QED) is 0.473. The Labute approximate surface area is 118 Å². The van der Waals surface area contributed by atoms with E-state index in [1.54, 1.807) is 6.07 Å². The molecule has 0 radical (unpaired) electrons. The van der Waals surface area contributed by atoms with E-state index in [1.807, 2.05) is 12.1 Å². The number of hydrogen-bond acceptors (Lipinski definition) is 2. The summed E-state index contributed by atoms with van der Waals surface area (Å²) in [6, 6.07) is 5.51. The predicted octanol–water partition coefficient (Wildman–Crippen LogP) is 5.00. The van der Waals surface area contributed by atoms with Crippen LogP contribution in [0.25, 0.3) is 0 Å². The van der Waals surface area contributed by atoms with E-state index >= 15 is 0 Å². The molecule has 1 aromatic carbocycles. The van der Waals surface area contributed by atoms with Gasteiger partial charge in [0.15, 0.2) is 6.29 Å². The van der Waals surface area contributed by atoms with Gasteiger partial charge in [-0.15, -0.1) is 0 Å². The van der Waals surface area contributed by atoms with Gasteiger partial charge in [0.25, 0.3) is 0 Å². The third-order valence-electron chi connectivity index (χ3n) is 2.85. The molecule has 0 N–H and O–H groups in total. The molecule has 3 heteroatoms. The summed E-state index contributed by atoms with van der Waals surface area (Å²) in [5.74, 6) is 0.682. The fourth-order valence-corrected chi connectivity index (χ4v) is 2.19. The summed E-state index contributed by atoms with van der Waals surface area (Å²) in [4.78, 5) is 10.9. The van der Waals surface area contributed by atoms with Crippen molar-refractivity contribution in [1.29, 1.82) is 0 Å². The molecule has 0 aliphatic carbocycles. The van der Waals surface area contributed by atoms with Gasteiger partial charge in [-0.1, -0.05) is 55.0 Å². The van der Waals surface area contributed by atoms with Crippen molar-refractivity contribution in [2.45, 2.75) is 45.4 Å². The normalized spacial score (nSPS) is 10.3. The summed E-state index contributed by atoms with van der Waals surface area (Å²) >= 11 is 3.34. The van der Waals surface area contributed by atoms with Gasteiger partial charge in [0, 0.05) is 4.47 Å². The van der Waals surface area contributed by atoms with Crippen LogP contribution in [0.2, 0.25) is 0 Å². The van der Waals surface area contributed by atoms with Crippen LogP contribution in [0.1, 0.15) is 55.8 Å². The zero-order chi connectivity index (χ0) is 13.2. The van der Waals surface area contributed by atoms with E-state index in [0.717, 1.165) is 17.2 Å². The van der Waals surface area contributed by atoms with Gasteiger partial charge < -0.3 is 4.74 Å². The first kappa shape index (κ1) is 15.2. The van der Waals surface area contributed by atoms with Crippen molar-refractivity contribution in [2.24, 2.45) is 0 Å². The molecule has 0 heterocycles. The van der Waals surface area contributed by atoms with Gasteiger partial charge in [-0.2, -0.15) is 0 Å². The lowest BCUT2D eigenvalue weighted by Gasteiger charge is -2.08. The number of carbonyl (C=O) groups excluding carboxylic acids is 1. The van der Waals surface area contributed by atoms with Crippen molar-refractivity contribution < 1.29 is 9.53 Å². The first-order chi connectivity index (χ1) is 8.77. The fraction of sp³-hybridized carbons (Fsp3) is 0.533. The molecule has 0 amide bonds. The molecular formula is C15H21BrO2. The topological polar surface area (TPSA) is 26.3 Å². The third kappa shape index (κ3) is 5.67. The predicted molar refractivity (Wildman–Crippen MR) is 78.4 cm³/mol. The molecule has 0 atom stereocenters. The van der Waals surface area contributed by atoms with E-state index < -0.39 is 0 Å². The van der Waals surface area contributed by atoms with Crippen molar-refractivity contribution in [2.75, 3.05) is 6.61 Å². The maximum Gasteiger partial charge on any atom is 0.153 e. The highest BCUT2D eigenvalue weighted by atomic mass is 79.9. The summed E-state index contributed by atoms with van der Waals surface area (Å²) in [5.41, 5.74) is 0.607. The Hall–Kier alpha value is -0.830. The summed E-state index contributed by atoms with van der Waals surface area (Å²) < 4.78 is 6.54. The van der Waals surface area contributed by atoms with Gasteiger partial charge in [-0.05, 0) is 24.6 Å². The van der Waals surface area contributed by atoms with Gasteiger partial charge >= 0.3 is 0 Å². The van der Waals surface area contributed by atoms with Crippen LogP contribution in [-0.4, -0.2) is 12.9 Å². The minimum atomic E-state index is 0.607.